The van der Waals surface area contributed by atoms with Crippen molar-refractivity contribution >= 4 is 11.8 Å². The van der Waals surface area contributed by atoms with Gasteiger partial charge in [0.15, 0.2) is 0 Å². The third kappa shape index (κ3) is 3.08. The van der Waals surface area contributed by atoms with Crippen molar-refractivity contribution in [1.82, 2.24) is 9.80 Å². The number of aryl methyl sites for hydroxylation is 3. The van der Waals surface area contributed by atoms with E-state index in [-0.39, 0.29) is 6.04 Å². The lowest BCUT2D eigenvalue weighted by Crippen LogP contribution is -2.54. The Morgan fingerprint density at radius 3 is 2.24 bits per heavy atom. The van der Waals surface area contributed by atoms with Gasteiger partial charge in [-0.1, -0.05) is 17.7 Å². The van der Waals surface area contributed by atoms with Gasteiger partial charge in [0.1, 0.15) is 0 Å². The van der Waals surface area contributed by atoms with Gasteiger partial charge in [0.25, 0.3) is 0 Å². The molecular weight excluding hydrogens is 266 g/mol. The number of nitrogens with zero attached hydrogens (tertiary/aromatic N) is 2. The molecule has 2 N–H and O–H groups in total. The van der Waals surface area contributed by atoms with Crippen LogP contribution in [0.3, 0.4) is 0 Å². The van der Waals surface area contributed by atoms with Crippen LogP contribution in [0.25, 0.3) is 0 Å². The van der Waals surface area contributed by atoms with E-state index < -0.39 is 11.8 Å². The average Bonchev–Trinajstić information content (AvgIpc) is 2.38. The standard InChI is InChI=1S/C16H23N3O2/c1-10-7-11(2)14(12(3)8-10)13(17)9-19-6-5-18(4)15(20)16(19)21/h7-8,13H,5-6,9,17H2,1-4H3. The van der Waals surface area contributed by atoms with E-state index in [9.17, 15) is 9.59 Å². The van der Waals surface area contributed by atoms with E-state index in [1.807, 2.05) is 13.8 Å². The Hall–Kier alpha value is -1.88. The summed E-state index contributed by atoms with van der Waals surface area (Å²) >= 11 is 0. The van der Waals surface area contributed by atoms with Gasteiger partial charge in [0.2, 0.25) is 0 Å². The van der Waals surface area contributed by atoms with Crippen LogP contribution in [0.4, 0.5) is 0 Å². The summed E-state index contributed by atoms with van der Waals surface area (Å²) in [6.45, 7) is 7.60. The van der Waals surface area contributed by atoms with Gasteiger partial charge in [0.05, 0.1) is 0 Å². The lowest BCUT2D eigenvalue weighted by atomic mass is 9.94. The predicted molar refractivity (Wildman–Crippen MR) is 81.8 cm³/mol. The lowest BCUT2D eigenvalue weighted by molar-refractivity contribution is -0.155. The number of piperazine rings is 1. The van der Waals surface area contributed by atoms with Crippen molar-refractivity contribution in [2.24, 2.45) is 5.73 Å². The van der Waals surface area contributed by atoms with Crippen molar-refractivity contribution < 1.29 is 9.59 Å². The molecule has 0 radical (unpaired) electrons. The van der Waals surface area contributed by atoms with Crippen molar-refractivity contribution in [2.45, 2.75) is 26.8 Å². The molecule has 5 nitrogen and oxygen atoms in total. The number of hydrogen-bond acceptors (Lipinski definition) is 3. The molecule has 1 aliphatic heterocycles. The highest BCUT2D eigenvalue weighted by atomic mass is 16.2. The highest BCUT2D eigenvalue weighted by Crippen LogP contribution is 2.23. The van der Waals surface area contributed by atoms with Crippen LogP contribution >= 0.6 is 0 Å². The van der Waals surface area contributed by atoms with Gasteiger partial charge in [-0.25, -0.2) is 0 Å². The smallest absolute Gasteiger partial charge is 0.312 e. The Balaban J connectivity index is 2.17. The molecule has 0 aromatic heterocycles. The topological polar surface area (TPSA) is 66.6 Å². The highest BCUT2D eigenvalue weighted by molar-refractivity contribution is 6.35. The molecule has 21 heavy (non-hydrogen) atoms. The average molecular weight is 289 g/mol. The molecule has 0 aliphatic carbocycles. The fourth-order valence-corrected chi connectivity index (χ4v) is 3.05. The Morgan fingerprint density at radius 2 is 1.67 bits per heavy atom. The summed E-state index contributed by atoms with van der Waals surface area (Å²) in [5.41, 5.74) is 10.8. The van der Waals surface area contributed by atoms with Crippen molar-refractivity contribution in [3.63, 3.8) is 0 Å². The van der Waals surface area contributed by atoms with E-state index >= 15 is 0 Å². The normalized spacial score (nSPS) is 17.4. The Morgan fingerprint density at radius 1 is 1.10 bits per heavy atom. The summed E-state index contributed by atoms with van der Waals surface area (Å²) in [5.74, 6) is -0.910. The number of hydrogen-bond donors (Lipinski definition) is 1. The first-order valence-corrected chi connectivity index (χ1v) is 7.19. The number of rotatable bonds is 3. The number of carbonyl (C=O) groups is 2. The minimum absolute atomic E-state index is 0.272. The second-order valence-electron chi connectivity index (χ2n) is 5.90. The fourth-order valence-electron chi connectivity index (χ4n) is 3.05. The Bertz CT molecular complexity index is 560. The molecule has 1 fully saturated rings. The van der Waals surface area contributed by atoms with Gasteiger partial charge in [-0.2, -0.15) is 0 Å². The van der Waals surface area contributed by atoms with Gasteiger partial charge in [-0.15, -0.1) is 0 Å². The van der Waals surface area contributed by atoms with Crippen LogP contribution in [0.15, 0.2) is 12.1 Å². The van der Waals surface area contributed by atoms with Gasteiger partial charge in [-0.05, 0) is 37.5 Å². The largest absolute Gasteiger partial charge is 0.336 e. The van der Waals surface area contributed by atoms with Crippen LogP contribution in [-0.4, -0.2) is 48.3 Å². The Labute approximate surface area is 125 Å². The molecule has 2 rings (SSSR count). The van der Waals surface area contributed by atoms with E-state index in [0.29, 0.717) is 19.6 Å². The van der Waals surface area contributed by atoms with Gasteiger partial charge >= 0.3 is 11.8 Å². The Kier molecular flexibility index (Phi) is 4.32. The third-order valence-electron chi connectivity index (χ3n) is 4.05. The molecule has 5 heteroatoms. The van der Waals surface area contributed by atoms with Gasteiger partial charge in [-0.3, -0.25) is 9.59 Å². The zero-order chi connectivity index (χ0) is 15.7. The molecule has 1 aromatic rings. The van der Waals surface area contributed by atoms with Gasteiger partial charge in [0, 0.05) is 32.7 Å². The highest BCUT2D eigenvalue weighted by Gasteiger charge is 2.31. The minimum atomic E-state index is -0.457. The van der Waals surface area contributed by atoms with E-state index in [4.69, 9.17) is 5.73 Å². The van der Waals surface area contributed by atoms with E-state index in [1.165, 1.54) is 10.5 Å². The number of benzene rings is 1. The summed E-state index contributed by atoms with van der Waals surface area (Å²) in [6.07, 6.45) is 0. The maximum absolute atomic E-state index is 12.0. The van der Waals surface area contributed by atoms with E-state index in [0.717, 1.165) is 16.7 Å². The van der Waals surface area contributed by atoms with Crippen molar-refractivity contribution in [2.75, 3.05) is 26.7 Å². The van der Waals surface area contributed by atoms with Crippen LogP contribution in [0, 0.1) is 20.8 Å². The zero-order valence-corrected chi connectivity index (χ0v) is 13.1. The van der Waals surface area contributed by atoms with Crippen LogP contribution in [0.5, 0.6) is 0 Å². The van der Waals surface area contributed by atoms with Crippen LogP contribution in [0.2, 0.25) is 0 Å². The monoisotopic (exact) mass is 289 g/mol. The number of carbonyl (C=O) groups excluding carboxylic acids is 2. The number of likely N-dealkylation sites (N-methyl/N-ethyl adjacent to an activating group) is 1. The summed E-state index contributed by atoms with van der Waals surface area (Å²) in [7, 11) is 1.64. The quantitative estimate of drug-likeness (QED) is 0.841. The SMILES string of the molecule is Cc1cc(C)c(C(N)CN2CCN(C)C(=O)C2=O)c(C)c1. The van der Waals surface area contributed by atoms with E-state index in [2.05, 4.69) is 19.1 Å². The molecule has 1 unspecified atom stereocenters. The first-order chi connectivity index (χ1) is 9.81. The molecule has 114 valence electrons. The number of nitrogens with two attached hydrogens (primary N) is 1. The summed E-state index contributed by atoms with van der Waals surface area (Å²) in [4.78, 5) is 26.7. The number of amides is 2. The fraction of sp³-hybridized carbons (Fsp3) is 0.500. The summed E-state index contributed by atoms with van der Waals surface area (Å²) in [6, 6.07) is 3.92. The van der Waals surface area contributed by atoms with Crippen molar-refractivity contribution in [3.05, 3.63) is 34.4 Å². The first kappa shape index (κ1) is 15.5. The van der Waals surface area contributed by atoms with Crippen LogP contribution in [0.1, 0.15) is 28.3 Å². The molecule has 2 amide bonds. The zero-order valence-electron chi connectivity index (χ0n) is 13.1. The molecule has 0 spiro atoms. The molecule has 1 heterocycles. The maximum Gasteiger partial charge on any atom is 0.312 e. The molecule has 1 aromatic carbocycles. The maximum atomic E-state index is 12.0. The van der Waals surface area contributed by atoms with Crippen molar-refractivity contribution in [3.8, 4) is 0 Å². The first-order valence-electron chi connectivity index (χ1n) is 7.19. The molecular formula is C16H23N3O2. The second-order valence-corrected chi connectivity index (χ2v) is 5.90. The second kappa shape index (κ2) is 5.85. The minimum Gasteiger partial charge on any atom is -0.336 e. The van der Waals surface area contributed by atoms with Crippen LogP contribution < -0.4 is 5.73 Å². The summed E-state index contributed by atoms with van der Waals surface area (Å²) in [5, 5.41) is 0. The summed E-state index contributed by atoms with van der Waals surface area (Å²) < 4.78 is 0. The van der Waals surface area contributed by atoms with Crippen molar-refractivity contribution in [1.29, 1.82) is 0 Å². The molecule has 0 saturated carbocycles. The third-order valence-corrected chi connectivity index (χ3v) is 4.05. The predicted octanol–water partition coefficient (Wildman–Crippen LogP) is 0.912. The van der Waals surface area contributed by atoms with Crippen LogP contribution in [-0.2, 0) is 9.59 Å². The molecule has 1 atom stereocenters. The molecule has 1 saturated heterocycles. The lowest BCUT2D eigenvalue weighted by Gasteiger charge is -2.33. The van der Waals surface area contributed by atoms with Gasteiger partial charge < -0.3 is 15.5 Å². The van der Waals surface area contributed by atoms with E-state index in [1.54, 1.807) is 11.9 Å². The molecule has 1 aliphatic rings. The molecule has 0 bridgehead atoms.